The van der Waals surface area contributed by atoms with Crippen molar-refractivity contribution in [3.8, 4) is 0 Å². The van der Waals surface area contributed by atoms with E-state index in [9.17, 15) is 24.9 Å². The number of allylic oxidation sites excluding steroid dienone is 1. The number of ketones is 1. The van der Waals surface area contributed by atoms with Crippen LogP contribution in [-0.2, 0) is 47.4 Å². The molecule has 56 heavy (non-hydrogen) atoms. The van der Waals surface area contributed by atoms with Gasteiger partial charge in [0.05, 0.1) is 66.6 Å². The Morgan fingerprint density at radius 3 is 1.91 bits per heavy atom. The van der Waals surface area contributed by atoms with Crippen LogP contribution >= 0.6 is 0 Å². The van der Waals surface area contributed by atoms with E-state index in [0.717, 1.165) is 5.57 Å². The first kappa shape index (κ1) is 43.3. The van der Waals surface area contributed by atoms with E-state index in [1.165, 1.54) is 6.26 Å². The molecular weight excluding hydrogens is 732 g/mol. The third kappa shape index (κ3) is 9.13. The van der Waals surface area contributed by atoms with Crippen molar-refractivity contribution >= 4 is 11.8 Å². The van der Waals surface area contributed by atoms with Crippen molar-refractivity contribution < 1.29 is 72.0 Å². The summed E-state index contributed by atoms with van der Waals surface area (Å²) in [4.78, 5) is 25.5. The topological polar surface area (TPSA) is 191 Å². The van der Waals surface area contributed by atoms with Crippen LogP contribution in [0.25, 0.3) is 0 Å². The van der Waals surface area contributed by atoms with Gasteiger partial charge in [-0.05, 0) is 70.8 Å². The normalized spacial score (nSPS) is 43.1. The highest BCUT2D eigenvalue weighted by atomic mass is 16.7. The molecule has 1 saturated carbocycles. The number of carboxylic acid groups (broad SMARTS) is 1. The van der Waals surface area contributed by atoms with Crippen molar-refractivity contribution in [2.75, 3.05) is 21.3 Å². The van der Waals surface area contributed by atoms with Crippen molar-refractivity contribution in [3.05, 3.63) is 35.3 Å². The second-order valence-corrected chi connectivity index (χ2v) is 16.5. The minimum absolute atomic E-state index is 0.0832. The fourth-order valence-electron chi connectivity index (χ4n) is 9.80. The van der Waals surface area contributed by atoms with Gasteiger partial charge in [0.2, 0.25) is 0 Å². The van der Waals surface area contributed by atoms with E-state index in [-0.39, 0.29) is 24.2 Å². The van der Waals surface area contributed by atoms with Gasteiger partial charge in [0.25, 0.3) is 0 Å². The van der Waals surface area contributed by atoms with Crippen LogP contribution in [0, 0.1) is 24.2 Å². The highest BCUT2D eigenvalue weighted by Crippen LogP contribution is 2.55. The number of ether oxygens (including phenoxy) is 9. The summed E-state index contributed by atoms with van der Waals surface area (Å²) in [5.74, 6) is -1.46. The van der Waals surface area contributed by atoms with Crippen molar-refractivity contribution in [2.45, 2.75) is 172 Å². The minimum atomic E-state index is -0.900. The molecule has 15 heteroatoms. The molecule has 316 valence electrons. The predicted molar refractivity (Wildman–Crippen MR) is 198 cm³/mol. The Morgan fingerprint density at radius 2 is 1.38 bits per heavy atom. The molecule has 15 nitrogen and oxygen atoms in total. The summed E-state index contributed by atoms with van der Waals surface area (Å²) in [6.07, 6.45) is -1.46. The molecule has 2 aliphatic carbocycles. The van der Waals surface area contributed by atoms with Crippen LogP contribution in [0.2, 0.25) is 0 Å². The molecule has 4 heterocycles. The Kier molecular flexibility index (Phi) is 14.2. The van der Waals surface area contributed by atoms with Gasteiger partial charge in [-0.1, -0.05) is 18.6 Å². The highest BCUT2D eigenvalue weighted by molar-refractivity contribution is 5.96. The lowest BCUT2D eigenvalue weighted by Crippen LogP contribution is -2.57. The van der Waals surface area contributed by atoms with Gasteiger partial charge in [0.15, 0.2) is 24.7 Å². The number of carbonyl (C=O) groups is 2. The maximum atomic E-state index is 13.1. The van der Waals surface area contributed by atoms with Crippen LogP contribution in [-0.4, -0.2) is 134 Å². The zero-order valence-electron chi connectivity index (χ0n) is 33.9. The number of aryl methyl sites for hydroxylation is 1. The maximum Gasteiger partial charge on any atom is 0.307 e. The minimum Gasteiger partial charge on any atom is -0.481 e. The number of aliphatic carboxylic acids is 1. The number of aliphatic hydroxyl groups is 2. The maximum absolute atomic E-state index is 13.1. The number of carboxylic acids is 1. The van der Waals surface area contributed by atoms with E-state index in [0.29, 0.717) is 56.3 Å². The molecule has 0 amide bonds. The van der Waals surface area contributed by atoms with E-state index in [1.807, 2.05) is 26.8 Å². The summed E-state index contributed by atoms with van der Waals surface area (Å²) in [6, 6.07) is 1.65. The first-order chi connectivity index (χ1) is 26.7. The summed E-state index contributed by atoms with van der Waals surface area (Å²) >= 11 is 0. The molecule has 3 aliphatic heterocycles. The summed E-state index contributed by atoms with van der Waals surface area (Å²) < 4.78 is 60.5. The van der Waals surface area contributed by atoms with Crippen LogP contribution in [0.3, 0.4) is 0 Å². The molecule has 0 radical (unpaired) electrons. The zero-order valence-corrected chi connectivity index (χ0v) is 33.9. The third-order valence-electron chi connectivity index (χ3n) is 13.0. The second-order valence-electron chi connectivity index (χ2n) is 16.5. The Balaban J connectivity index is 1.05. The van der Waals surface area contributed by atoms with Gasteiger partial charge in [0, 0.05) is 47.0 Å². The Labute approximate surface area is 329 Å². The number of rotatable bonds is 14. The lowest BCUT2D eigenvalue weighted by Gasteiger charge is -2.52. The van der Waals surface area contributed by atoms with Crippen molar-refractivity contribution in [3.63, 3.8) is 0 Å². The number of fused-ring (bicyclic) bond motifs is 1. The Hall–Kier alpha value is -2.28. The summed E-state index contributed by atoms with van der Waals surface area (Å²) in [6.45, 7) is 9.32. The molecule has 1 aromatic rings. The van der Waals surface area contributed by atoms with Crippen molar-refractivity contribution in [1.82, 2.24) is 0 Å². The van der Waals surface area contributed by atoms with Crippen molar-refractivity contribution in [2.24, 2.45) is 17.3 Å². The number of Topliss-reactive ketones (excluding diaryl/α,β-unsaturated/α-hetero) is 1. The van der Waals surface area contributed by atoms with Gasteiger partial charge in [-0.2, -0.15) is 0 Å². The molecule has 0 bridgehead atoms. The highest BCUT2D eigenvalue weighted by Gasteiger charge is 2.53. The number of aliphatic hydroxyl groups excluding tert-OH is 2. The van der Waals surface area contributed by atoms with Crippen LogP contribution in [0.15, 0.2) is 28.4 Å². The van der Waals surface area contributed by atoms with Gasteiger partial charge in [-0.25, -0.2) is 0 Å². The number of methoxy groups -OCH3 is 3. The largest absolute Gasteiger partial charge is 0.481 e. The number of furan rings is 1. The average molecular weight is 795 g/mol. The SMILES string of the molecule is CO[C@H]1C[C@H](O[C@@H]2[C@H](C)O[C@@H](O[C@H]3[C@@H](OC)C[C@H](O[C@@H]4CC5=CC[C@@H](C(=O)O)[C@H](CCC(=O)c6ccoc6C)[C@@]5(C)C[C@H]4O)O[C@@H]3C)C[C@@H]2OC)O[C@H](C)[C@H]1O. The molecule has 0 aromatic carbocycles. The summed E-state index contributed by atoms with van der Waals surface area (Å²) in [5, 5.41) is 32.1. The summed E-state index contributed by atoms with van der Waals surface area (Å²) in [7, 11) is 4.79. The molecule has 4 fully saturated rings. The molecule has 1 aromatic heterocycles. The first-order valence-electron chi connectivity index (χ1n) is 20.0. The molecule has 6 rings (SSSR count). The first-order valence-corrected chi connectivity index (χ1v) is 20.0. The zero-order chi connectivity index (χ0) is 40.5. The van der Waals surface area contributed by atoms with Crippen molar-refractivity contribution in [1.29, 1.82) is 0 Å². The van der Waals surface area contributed by atoms with Gasteiger partial charge in [-0.15, -0.1) is 0 Å². The van der Waals surface area contributed by atoms with E-state index < -0.39 is 97.2 Å². The van der Waals surface area contributed by atoms with Gasteiger partial charge in [0.1, 0.15) is 24.1 Å². The van der Waals surface area contributed by atoms with E-state index in [2.05, 4.69) is 0 Å². The lowest BCUT2D eigenvalue weighted by molar-refractivity contribution is -0.339. The van der Waals surface area contributed by atoms with E-state index in [1.54, 1.807) is 41.2 Å². The number of carbonyl (C=O) groups excluding carboxylic acids is 1. The third-order valence-corrected chi connectivity index (χ3v) is 13.0. The molecule has 3 N–H and O–H groups in total. The van der Waals surface area contributed by atoms with Gasteiger partial charge >= 0.3 is 5.97 Å². The van der Waals surface area contributed by atoms with Crippen LogP contribution in [0.4, 0.5) is 0 Å². The van der Waals surface area contributed by atoms with Crippen LogP contribution < -0.4 is 0 Å². The van der Waals surface area contributed by atoms with E-state index >= 15 is 0 Å². The predicted octanol–water partition coefficient (Wildman–Crippen LogP) is 4.33. The number of hydrogen-bond donors (Lipinski definition) is 3. The number of hydrogen-bond acceptors (Lipinski definition) is 14. The standard InChI is InChI=1S/C41H62O15/c1-20-25(13-14-50-20)28(42)12-11-27-26(40(45)46)10-9-24-15-30(29(43)19-41(24,27)5)54-34-17-32(48-7)38(22(3)52-34)56-36-18-33(49-8)39(23(4)53-36)55-35-16-31(47-6)37(44)21(2)51-35/h9,13-14,21-23,26-27,29-39,43-44H,10-12,15-19H2,1-8H3,(H,45,46)/t21-,22-,23+,26-,27+,29-,30-,31+,32+,33+,34+,35+,36+,37-,38-,39-,41+/m1/s1. The van der Waals surface area contributed by atoms with Gasteiger partial charge in [-0.3, -0.25) is 9.59 Å². The smallest absolute Gasteiger partial charge is 0.307 e. The quantitative estimate of drug-likeness (QED) is 0.178. The molecule has 3 saturated heterocycles. The van der Waals surface area contributed by atoms with Gasteiger partial charge < -0.3 is 62.4 Å². The lowest BCUT2D eigenvalue weighted by atomic mass is 9.55. The molecule has 5 aliphatic rings. The van der Waals surface area contributed by atoms with E-state index in [4.69, 9.17) is 47.0 Å². The Morgan fingerprint density at radius 1 is 0.821 bits per heavy atom. The monoisotopic (exact) mass is 794 g/mol. The fourth-order valence-corrected chi connectivity index (χ4v) is 9.80. The van der Waals surface area contributed by atoms with Crippen LogP contribution in [0.1, 0.15) is 95.2 Å². The molecular formula is C41H62O15. The molecule has 0 spiro atoms. The van der Waals surface area contributed by atoms with Crippen LogP contribution in [0.5, 0.6) is 0 Å². The average Bonchev–Trinajstić information content (AvgIpc) is 3.59. The second kappa shape index (κ2) is 18.3. The molecule has 0 unspecified atom stereocenters. The Bertz CT molecular complexity index is 1510. The fraction of sp³-hybridized carbons (Fsp3) is 0.805. The molecule has 17 atom stereocenters. The summed E-state index contributed by atoms with van der Waals surface area (Å²) in [5.41, 5.74) is 0.922.